The summed E-state index contributed by atoms with van der Waals surface area (Å²) in [4.78, 5) is 29.3. The van der Waals surface area contributed by atoms with Crippen molar-refractivity contribution in [2.24, 2.45) is 0 Å². The zero-order valence-corrected chi connectivity index (χ0v) is 20.8. The van der Waals surface area contributed by atoms with Crippen molar-refractivity contribution in [2.45, 2.75) is 12.2 Å². The lowest BCUT2D eigenvalue weighted by atomic mass is 10.1. The van der Waals surface area contributed by atoms with E-state index in [2.05, 4.69) is 10.1 Å². The molecule has 4 heterocycles. The first-order valence-corrected chi connectivity index (χ1v) is 11.7. The van der Waals surface area contributed by atoms with Gasteiger partial charge in [0.05, 0.1) is 38.3 Å². The van der Waals surface area contributed by atoms with Gasteiger partial charge in [-0.05, 0) is 29.8 Å². The molecule has 14 heteroatoms. The van der Waals surface area contributed by atoms with E-state index in [0.29, 0.717) is 30.0 Å². The number of imidazole rings is 1. The quantitative estimate of drug-likeness (QED) is 0.364. The normalized spacial score (nSPS) is 13.8. The number of ether oxygens (including phenoxy) is 2. The van der Waals surface area contributed by atoms with Crippen molar-refractivity contribution >= 4 is 17.6 Å². The van der Waals surface area contributed by atoms with Gasteiger partial charge in [0.15, 0.2) is 0 Å². The SMILES string of the molecule is COc1cc(-c2cnc3cc(-c4cnn(C5CN(C(=O)O)C5)c4)ccn23)cc(OC)c1C(=O)NCC(F)(F)F. The Morgan fingerprint density at radius 2 is 1.77 bits per heavy atom. The molecule has 2 amide bonds. The van der Waals surface area contributed by atoms with Crippen LogP contribution in [0.3, 0.4) is 0 Å². The van der Waals surface area contributed by atoms with Gasteiger partial charge < -0.3 is 24.8 Å². The maximum atomic E-state index is 12.6. The van der Waals surface area contributed by atoms with E-state index in [4.69, 9.17) is 14.6 Å². The minimum Gasteiger partial charge on any atom is -0.496 e. The Labute approximate surface area is 219 Å². The molecule has 0 bridgehead atoms. The molecule has 0 saturated carbocycles. The van der Waals surface area contributed by atoms with Gasteiger partial charge in [0.2, 0.25) is 0 Å². The van der Waals surface area contributed by atoms with Gasteiger partial charge in [0.1, 0.15) is 29.3 Å². The monoisotopic (exact) mass is 544 g/mol. The number of likely N-dealkylation sites (tertiary alicyclic amines) is 1. The van der Waals surface area contributed by atoms with E-state index in [0.717, 1.165) is 11.1 Å². The zero-order valence-electron chi connectivity index (χ0n) is 20.8. The number of rotatable bonds is 7. The number of pyridine rings is 1. The number of hydrogen-bond donors (Lipinski definition) is 2. The highest BCUT2D eigenvalue weighted by molar-refractivity contribution is 6.00. The van der Waals surface area contributed by atoms with Crippen LogP contribution in [-0.4, -0.2) is 81.2 Å². The smallest absolute Gasteiger partial charge is 0.407 e. The molecular weight excluding hydrogens is 521 g/mol. The summed E-state index contributed by atoms with van der Waals surface area (Å²) in [6, 6.07) is 6.79. The summed E-state index contributed by atoms with van der Waals surface area (Å²) in [6.45, 7) is -0.723. The van der Waals surface area contributed by atoms with E-state index < -0.39 is 24.7 Å². The molecular formula is C25H23F3N6O5. The molecule has 0 unspecified atom stereocenters. The van der Waals surface area contributed by atoms with E-state index in [9.17, 15) is 22.8 Å². The summed E-state index contributed by atoms with van der Waals surface area (Å²) in [5.74, 6) is -0.894. The Balaban J connectivity index is 1.42. The van der Waals surface area contributed by atoms with Crippen molar-refractivity contribution in [3.63, 3.8) is 0 Å². The molecule has 11 nitrogen and oxygen atoms in total. The molecule has 0 aliphatic carbocycles. The van der Waals surface area contributed by atoms with Crippen LogP contribution in [0, 0.1) is 0 Å². The number of halogens is 3. The summed E-state index contributed by atoms with van der Waals surface area (Å²) in [7, 11) is 2.62. The lowest BCUT2D eigenvalue weighted by Gasteiger charge is -2.36. The van der Waals surface area contributed by atoms with E-state index in [-0.39, 0.29) is 23.1 Å². The molecule has 1 aliphatic rings. The van der Waals surface area contributed by atoms with Crippen LogP contribution in [0.25, 0.3) is 28.0 Å². The van der Waals surface area contributed by atoms with E-state index in [1.807, 2.05) is 34.2 Å². The minimum atomic E-state index is -4.57. The van der Waals surface area contributed by atoms with Gasteiger partial charge in [-0.2, -0.15) is 18.3 Å². The first-order chi connectivity index (χ1) is 18.6. The molecule has 2 N–H and O–H groups in total. The summed E-state index contributed by atoms with van der Waals surface area (Å²) < 4.78 is 52.1. The Hall–Kier alpha value is -4.75. The van der Waals surface area contributed by atoms with Crippen LogP contribution >= 0.6 is 0 Å². The molecule has 39 heavy (non-hydrogen) atoms. The molecule has 1 fully saturated rings. The number of hydrogen-bond acceptors (Lipinski definition) is 6. The van der Waals surface area contributed by atoms with E-state index >= 15 is 0 Å². The van der Waals surface area contributed by atoms with Crippen molar-refractivity contribution in [2.75, 3.05) is 33.9 Å². The largest absolute Gasteiger partial charge is 0.496 e. The van der Waals surface area contributed by atoms with E-state index in [1.54, 1.807) is 17.1 Å². The number of carboxylic acid groups (broad SMARTS) is 1. The lowest BCUT2D eigenvalue weighted by molar-refractivity contribution is -0.123. The average molecular weight is 544 g/mol. The van der Waals surface area contributed by atoms with Gasteiger partial charge in [-0.1, -0.05) is 0 Å². The molecule has 1 aromatic carbocycles. The zero-order chi connectivity index (χ0) is 27.9. The molecule has 0 spiro atoms. The highest BCUT2D eigenvalue weighted by atomic mass is 19.4. The van der Waals surface area contributed by atoms with Crippen molar-refractivity contribution in [1.82, 2.24) is 29.4 Å². The third kappa shape index (κ3) is 5.04. The predicted molar refractivity (Wildman–Crippen MR) is 132 cm³/mol. The first kappa shape index (κ1) is 25.9. The predicted octanol–water partition coefficient (Wildman–Crippen LogP) is 3.71. The molecule has 1 saturated heterocycles. The molecule has 5 rings (SSSR count). The third-order valence-corrected chi connectivity index (χ3v) is 6.43. The van der Waals surface area contributed by atoms with Crippen LogP contribution in [0.1, 0.15) is 16.4 Å². The van der Waals surface area contributed by atoms with Crippen LogP contribution in [-0.2, 0) is 0 Å². The van der Waals surface area contributed by atoms with Crippen LogP contribution in [0.4, 0.5) is 18.0 Å². The lowest BCUT2D eigenvalue weighted by Crippen LogP contribution is -2.50. The minimum absolute atomic E-state index is 0.0138. The second kappa shape index (κ2) is 9.85. The Kier molecular flexibility index (Phi) is 6.54. The second-order valence-electron chi connectivity index (χ2n) is 8.89. The highest BCUT2D eigenvalue weighted by Crippen LogP contribution is 2.36. The maximum Gasteiger partial charge on any atom is 0.407 e. The number of carbonyl (C=O) groups is 2. The fraction of sp³-hybridized carbons (Fsp3) is 0.280. The van der Waals surface area contributed by atoms with Gasteiger partial charge in [-0.15, -0.1) is 0 Å². The highest BCUT2D eigenvalue weighted by Gasteiger charge is 2.32. The topological polar surface area (TPSA) is 123 Å². The van der Waals surface area contributed by atoms with Gasteiger partial charge in [0.25, 0.3) is 5.91 Å². The number of alkyl halides is 3. The first-order valence-electron chi connectivity index (χ1n) is 11.7. The van der Waals surface area contributed by atoms with E-state index in [1.165, 1.54) is 31.3 Å². The molecule has 4 aromatic rings. The van der Waals surface area contributed by atoms with Crippen molar-refractivity contribution in [3.8, 4) is 33.9 Å². The number of carbonyl (C=O) groups excluding carboxylic acids is 1. The number of nitrogens with one attached hydrogen (secondary N) is 1. The standard InChI is InChI=1S/C25H23F3N6O5/c1-38-19-5-15(6-20(39-2)22(19)23(35)30-13-25(26,27)28)18-9-29-21-7-14(3-4-33(18)21)16-8-31-34(10-16)17-11-32(12-17)24(36)37/h3-10,17H,11-13H2,1-2H3,(H,30,35)(H,36,37). The summed E-state index contributed by atoms with van der Waals surface area (Å²) >= 11 is 0. The molecule has 0 atom stereocenters. The van der Waals surface area contributed by atoms with Crippen LogP contribution in [0.2, 0.25) is 0 Å². The third-order valence-electron chi connectivity index (χ3n) is 6.43. The number of methoxy groups -OCH3 is 2. The molecule has 0 radical (unpaired) electrons. The molecule has 204 valence electrons. The number of aromatic nitrogens is 4. The summed E-state index contributed by atoms with van der Waals surface area (Å²) in [6.07, 6.45) is 1.48. The van der Waals surface area contributed by atoms with Crippen LogP contribution in [0.5, 0.6) is 11.5 Å². The second-order valence-corrected chi connectivity index (χ2v) is 8.89. The van der Waals surface area contributed by atoms with Gasteiger partial charge in [-0.25, -0.2) is 9.78 Å². The average Bonchev–Trinajstić information content (AvgIpc) is 3.52. The van der Waals surface area contributed by atoms with Gasteiger partial charge >= 0.3 is 12.3 Å². The maximum absolute atomic E-state index is 12.6. The van der Waals surface area contributed by atoms with Crippen molar-refractivity contribution < 1.29 is 37.3 Å². The Bertz CT molecular complexity index is 1530. The fourth-order valence-corrected chi connectivity index (χ4v) is 4.39. The number of fused-ring (bicyclic) bond motifs is 1. The molecule has 3 aromatic heterocycles. The molecule has 1 aliphatic heterocycles. The van der Waals surface area contributed by atoms with Crippen LogP contribution < -0.4 is 14.8 Å². The van der Waals surface area contributed by atoms with Crippen molar-refractivity contribution in [3.05, 3.63) is 54.6 Å². The Morgan fingerprint density at radius 1 is 1.08 bits per heavy atom. The van der Waals surface area contributed by atoms with Crippen molar-refractivity contribution in [1.29, 1.82) is 0 Å². The summed E-state index contributed by atoms with van der Waals surface area (Å²) in [5, 5.41) is 15.2. The fourth-order valence-electron chi connectivity index (χ4n) is 4.39. The summed E-state index contributed by atoms with van der Waals surface area (Å²) in [5.41, 5.74) is 3.35. The van der Waals surface area contributed by atoms with Gasteiger partial charge in [-0.3, -0.25) is 13.9 Å². The number of benzene rings is 1. The number of amides is 2. The Morgan fingerprint density at radius 3 is 2.38 bits per heavy atom. The number of nitrogens with zero attached hydrogens (tertiary/aromatic N) is 5. The van der Waals surface area contributed by atoms with Gasteiger partial charge in [0, 0.05) is 36.6 Å². The van der Waals surface area contributed by atoms with Crippen LogP contribution in [0.15, 0.2) is 49.1 Å².